The van der Waals surface area contributed by atoms with Crippen LogP contribution in [0, 0.1) is 0 Å². The van der Waals surface area contributed by atoms with Gasteiger partial charge in [0.25, 0.3) is 0 Å². The highest BCUT2D eigenvalue weighted by atomic mass is 16.5. The van der Waals surface area contributed by atoms with E-state index in [2.05, 4.69) is 5.32 Å². The summed E-state index contributed by atoms with van der Waals surface area (Å²) in [7, 11) is 1.33. The molecule has 7 N–H and O–H groups in total. The first kappa shape index (κ1) is 18.1. The highest BCUT2D eigenvalue weighted by Gasteiger charge is 2.17. The van der Waals surface area contributed by atoms with E-state index in [9.17, 15) is 9.59 Å². The molecule has 2 rings (SSSR count). The Morgan fingerprint density at radius 1 is 1.25 bits per heavy atom. The first-order chi connectivity index (χ1) is 11.4. The maximum absolute atomic E-state index is 12.5. The first-order valence-electron chi connectivity index (χ1n) is 7.68. The van der Waals surface area contributed by atoms with E-state index in [1.807, 2.05) is 0 Å². The van der Waals surface area contributed by atoms with Crippen LogP contribution in [0.25, 0.3) is 10.9 Å². The van der Waals surface area contributed by atoms with Crippen molar-refractivity contribution in [3.63, 3.8) is 0 Å². The highest BCUT2D eigenvalue weighted by Crippen LogP contribution is 2.19. The van der Waals surface area contributed by atoms with Gasteiger partial charge in [-0.2, -0.15) is 0 Å². The molecule has 24 heavy (non-hydrogen) atoms. The second-order valence-corrected chi connectivity index (χ2v) is 5.52. The first-order valence-corrected chi connectivity index (χ1v) is 7.68. The molecule has 0 spiro atoms. The summed E-state index contributed by atoms with van der Waals surface area (Å²) in [6.07, 6.45) is 2.28. The summed E-state index contributed by atoms with van der Waals surface area (Å²) in [6, 6.07) is 6.15. The normalized spacial score (nSPS) is 12.5. The van der Waals surface area contributed by atoms with E-state index in [1.165, 1.54) is 11.7 Å². The molecule has 0 fully saturated rings. The summed E-state index contributed by atoms with van der Waals surface area (Å²) in [4.78, 5) is 24.1. The molecule has 1 aromatic carbocycles. The van der Waals surface area contributed by atoms with E-state index in [1.54, 1.807) is 30.5 Å². The van der Waals surface area contributed by atoms with Crippen molar-refractivity contribution in [2.24, 2.45) is 17.2 Å². The average Bonchev–Trinajstić information content (AvgIpc) is 2.99. The number of hydrogen-bond donors (Lipinski definition) is 4. The summed E-state index contributed by atoms with van der Waals surface area (Å²) >= 11 is 0. The van der Waals surface area contributed by atoms with Gasteiger partial charge in [0.1, 0.15) is 6.29 Å². The molecule has 0 saturated heterocycles. The maximum atomic E-state index is 12.5. The van der Waals surface area contributed by atoms with Gasteiger partial charge in [-0.25, -0.2) is 4.79 Å². The molecule has 0 bridgehead atoms. The van der Waals surface area contributed by atoms with Crippen LogP contribution in [0.5, 0.6) is 0 Å². The Labute approximate surface area is 139 Å². The molecule has 1 aromatic heterocycles. The zero-order valence-electron chi connectivity index (χ0n) is 13.6. The van der Waals surface area contributed by atoms with Crippen LogP contribution in [0.15, 0.2) is 30.5 Å². The number of nitrogens with one attached hydrogen (secondary N) is 1. The number of benzene rings is 1. The second-order valence-electron chi connectivity index (χ2n) is 5.52. The molecule has 1 heterocycles. The van der Waals surface area contributed by atoms with Crippen LogP contribution < -0.4 is 22.5 Å². The number of rotatable bonds is 7. The lowest BCUT2D eigenvalue weighted by atomic mass is 10.1. The van der Waals surface area contributed by atoms with Crippen LogP contribution in [0.4, 0.5) is 0 Å². The largest absolute Gasteiger partial charge is 0.465 e. The number of esters is 1. The summed E-state index contributed by atoms with van der Waals surface area (Å²) < 4.78 is 6.20. The van der Waals surface area contributed by atoms with Crippen LogP contribution in [0.1, 0.15) is 28.0 Å². The maximum Gasteiger partial charge on any atom is 0.337 e. The van der Waals surface area contributed by atoms with Gasteiger partial charge in [0, 0.05) is 11.6 Å². The van der Waals surface area contributed by atoms with Gasteiger partial charge in [0.15, 0.2) is 0 Å². The summed E-state index contributed by atoms with van der Waals surface area (Å²) in [5.74, 6) is -0.619. The number of carbonyl (C=O) groups is 2. The molecule has 0 aliphatic heterocycles. The lowest BCUT2D eigenvalue weighted by Crippen LogP contribution is -2.45. The van der Waals surface area contributed by atoms with Gasteiger partial charge in [-0.05, 0) is 43.7 Å². The highest BCUT2D eigenvalue weighted by molar-refractivity contribution is 5.99. The quantitative estimate of drug-likeness (QED) is 0.317. The fourth-order valence-corrected chi connectivity index (χ4v) is 2.47. The van der Waals surface area contributed by atoms with E-state index in [0.29, 0.717) is 30.5 Å². The molecule has 8 nitrogen and oxygen atoms in total. The van der Waals surface area contributed by atoms with Crippen molar-refractivity contribution in [2.75, 3.05) is 13.7 Å². The van der Waals surface area contributed by atoms with Crippen LogP contribution in [-0.2, 0) is 4.74 Å². The Hall–Kier alpha value is -2.26. The molecule has 130 valence electrons. The minimum absolute atomic E-state index is 0.201. The van der Waals surface area contributed by atoms with Crippen LogP contribution in [0.2, 0.25) is 0 Å². The van der Waals surface area contributed by atoms with Crippen molar-refractivity contribution in [1.82, 2.24) is 9.88 Å². The Bertz CT molecular complexity index is 726. The summed E-state index contributed by atoms with van der Waals surface area (Å²) in [5.41, 5.74) is 17.9. The van der Waals surface area contributed by atoms with Crippen molar-refractivity contribution in [3.05, 3.63) is 36.0 Å². The number of ether oxygens (including phenoxy) is 1. The molecule has 0 saturated carbocycles. The van der Waals surface area contributed by atoms with Gasteiger partial charge in [0.05, 0.1) is 24.2 Å². The van der Waals surface area contributed by atoms with Crippen molar-refractivity contribution >= 4 is 22.8 Å². The van der Waals surface area contributed by atoms with E-state index in [0.717, 1.165) is 5.39 Å². The predicted molar refractivity (Wildman–Crippen MR) is 91.3 cm³/mol. The number of aromatic nitrogens is 1. The molecule has 0 aliphatic carbocycles. The monoisotopic (exact) mass is 333 g/mol. The van der Waals surface area contributed by atoms with Crippen molar-refractivity contribution in [3.8, 4) is 0 Å². The van der Waals surface area contributed by atoms with Gasteiger partial charge in [-0.3, -0.25) is 14.7 Å². The van der Waals surface area contributed by atoms with Crippen LogP contribution in [-0.4, -0.2) is 42.4 Å². The molecule has 8 heteroatoms. The number of hydrogen-bond acceptors (Lipinski definition) is 7. The van der Waals surface area contributed by atoms with Gasteiger partial charge < -0.3 is 21.9 Å². The van der Waals surface area contributed by atoms with Crippen LogP contribution >= 0.6 is 0 Å². The minimum Gasteiger partial charge on any atom is -0.465 e. The smallest absolute Gasteiger partial charge is 0.337 e. The Kier molecular flexibility index (Phi) is 6.04. The van der Waals surface area contributed by atoms with Crippen molar-refractivity contribution in [1.29, 1.82) is 0 Å². The van der Waals surface area contributed by atoms with E-state index in [4.69, 9.17) is 21.9 Å². The number of methoxy groups -OCH3 is 1. The van der Waals surface area contributed by atoms with Gasteiger partial charge >= 0.3 is 5.97 Å². The summed E-state index contributed by atoms with van der Waals surface area (Å²) in [5, 5.41) is 3.64. The molecular formula is C16H23N5O3. The molecular weight excluding hydrogens is 310 g/mol. The third-order valence-corrected chi connectivity index (χ3v) is 3.74. The standard InChI is InChI=1S/C16H23N5O3/c1-24-15(23)11-4-5-13-10(9-11)6-8-21(13)14(22)12(17)3-2-7-20-16(18)19/h4-6,8-9,12,16,20H,2-3,7,17-19H2,1H3/t12-/m0/s1. The fourth-order valence-electron chi connectivity index (χ4n) is 2.47. The Morgan fingerprint density at radius 3 is 2.67 bits per heavy atom. The fraction of sp³-hybridized carbons (Fsp3) is 0.375. The Balaban J connectivity index is 2.08. The summed E-state index contributed by atoms with van der Waals surface area (Å²) in [6.45, 7) is 0.591. The zero-order chi connectivity index (χ0) is 17.7. The van der Waals surface area contributed by atoms with Crippen molar-refractivity contribution < 1.29 is 14.3 Å². The lowest BCUT2D eigenvalue weighted by Gasteiger charge is -2.13. The molecule has 0 aliphatic rings. The Morgan fingerprint density at radius 2 is 2.00 bits per heavy atom. The van der Waals surface area contributed by atoms with Gasteiger partial charge in [-0.1, -0.05) is 0 Å². The zero-order valence-corrected chi connectivity index (χ0v) is 13.6. The molecule has 0 radical (unpaired) electrons. The average molecular weight is 333 g/mol. The molecule has 2 aromatic rings. The number of nitrogens with two attached hydrogens (primary N) is 3. The number of fused-ring (bicyclic) bond motifs is 1. The lowest BCUT2D eigenvalue weighted by molar-refractivity contribution is 0.0600. The second kappa shape index (κ2) is 8.02. The van der Waals surface area contributed by atoms with E-state index >= 15 is 0 Å². The molecule has 0 unspecified atom stereocenters. The third-order valence-electron chi connectivity index (χ3n) is 3.74. The number of carbonyl (C=O) groups excluding carboxylic acids is 2. The van der Waals surface area contributed by atoms with Crippen LogP contribution in [0.3, 0.4) is 0 Å². The van der Waals surface area contributed by atoms with Gasteiger partial charge in [0.2, 0.25) is 5.91 Å². The molecule has 0 amide bonds. The number of nitrogens with zero attached hydrogens (tertiary/aromatic N) is 1. The third kappa shape index (κ3) is 4.18. The van der Waals surface area contributed by atoms with E-state index < -0.39 is 18.3 Å². The van der Waals surface area contributed by atoms with Crippen molar-refractivity contribution in [2.45, 2.75) is 25.2 Å². The van der Waals surface area contributed by atoms with E-state index in [-0.39, 0.29) is 5.91 Å². The minimum atomic E-state index is -0.628. The predicted octanol–water partition coefficient (Wildman–Crippen LogP) is -0.0338. The SMILES string of the molecule is COC(=O)c1ccc2c(ccn2C(=O)[C@@H](N)CCCNC(N)N)c1. The molecule has 1 atom stereocenters. The topological polar surface area (TPSA) is 138 Å². The van der Waals surface area contributed by atoms with Gasteiger partial charge in [-0.15, -0.1) is 0 Å².